The highest BCUT2D eigenvalue weighted by molar-refractivity contribution is 7.99. The molecule has 0 amide bonds. The first kappa shape index (κ1) is 11.2. The van der Waals surface area contributed by atoms with Crippen molar-refractivity contribution in [1.29, 1.82) is 0 Å². The highest BCUT2D eigenvalue weighted by Gasteiger charge is 2.23. The molecule has 1 N–H and O–H groups in total. The van der Waals surface area contributed by atoms with E-state index in [9.17, 15) is 0 Å². The lowest BCUT2D eigenvalue weighted by atomic mass is 10.0. The highest BCUT2D eigenvalue weighted by atomic mass is 32.2. The molecule has 1 saturated heterocycles. The molecule has 0 bridgehead atoms. The fourth-order valence-corrected chi connectivity index (χ4v) is 3.43. The van der Waals surface area contributed by atoms with Gasteiger partial charge in [-0.25, -0.2) is 0 Å². The fourth-order valence-electron chi connectivity index (χ4n) is 2.50. The fraction of sp³-hybridized carbons (Fsp3) is 0.429. The summed E-state index contributed by atoms with van der Waals surface area (Å²) in [6, 6.07) is 8.74. The van der Waals surface area contributed by atoms with Gasteiger partial charge in [0, 0.05) is 29.0 Å². The van der Waals surface area contributed by atoms with Crippen LogP contribution in [0.2, 0.25) is 0 Å². The Kier molecular flexibility index (Phi) is 3.12. The summed E-state index contributed by atoms with van der Waals surface area (Å²) in [7, 11) is 0. The van der Waals surface area contributed by atoms with Crippen LogP contribution in [0.1, 0.15) is 24.3 Å². The Balaban J connectivity index is 2.08. The monoisotopic (exact) mass is 247 g/mol. The molecule has 2 heterocycles. The van der Waals surface area contributed by atoms with E-state index in [4.69, 9.17) is 4.42 Å². The number of rotatable bonds is 2. The molecule has 1 aliphatic rings. The predicted molar refractivity (Wildman–Crippen MR) is 73.7 cm³/mol. The van der Waals surface area contributed by atoms with Crippen LogP contribution < -0.4 is 5.32 Å². The first-order chi connectivity index (χ1) is 8.40. The van der Waals surface area contributed by atoms with Crippen LogP contribution in [-0.4, -0.2) is 18.1 Å². The molecule has 1 aromatic carbocycles. The number of furan rings is 1. The van der Waals surface area contributed by atoms with Crippen LogP contribution in [0.3, 0.4) is 0 Å². The summed E-state index contributed by atoms with van der Waals surface area (Å²) in [4.78, 5) is 0. The lowest BCUT2D eigenvalue weighted by molar-refractivity contribution is 0.454. The van der Waals surface area contributed by atoms with Crippen molar-refractivity contribution in [3.63, 3.8) is 0 Å². The SMILES string of the molecule is CCc1c(C2CSCCN2)oc2ccccc12. The van der Waals surface area contributed by atoms with Crippen LogP contribution in [-0.2, 0) is 6.42 Å². The third-order valence-corrected chi connectivity index (χ3v) is 4.38. The standard InChI is InChI=1S/C14H17NOS/c1-2-10-11-5-3-4-6-13(11)16-14(10)12-9-17-8-7-15-12/h3-6,12,15H,2,7-9H2,1H3. The molecule has 0 spiro atoms. The summed E-state index contributed by atoms with van der Waals surface area (Å²) in [6.07, 6.45) is 1.04. The molecular weight excluding hydrogens is 230 g/mol. The van der Waals surface area contributed by atoms with Gasteiger partial charge in [-0.3, -0.25) is 0 Å². The maximum Gasteiger partial charge on any atom is 0.134 e. The van der Waals surface area contributed by atoms with Crippen molar-refractivity contribution in [3.05, 3.63) is 35.6 Å². The Hall–Kier alpha value is -0.930. The van der Waals surface area contributed by atoms with Gasteiger partial charge in [-0.1, -0.05) is 25.1 Å². The normalized spacial score (nSPS) is 20.9. The van der Waals surface area contributed by atoms with E-state index in [0.717, 1.165) is 30.1 Å². The van der Waals surface area contributed by atoms with Gasteiger partial charge in [0.15, 0.2) is 0 Å². The average molecular weight is 247 g/mol. The summed E-state index contributed by atoms with van der Waals surface area (Å²) in [5.74, 6) is 3.48. The summed E-state index contributed by atoms with van der Waals surface area (Å²) in [5.41, 5.74) is 2.40. The van der Waals surface area contributed by atoms with Gasteiger partial charge >= 0.3 is 0 Å². The van der Waals surface area contributed by atoms with Crippen molar-refractivity contribution in [2.75, 3.05) is 18.1 Å². The third kappa shape index (κ3) is 1.98. The van der Waals surface area contributed by atoms with Gasteiger partial charge in [0.25, 0.3) is 0 Å². The van der Waals surface area contributed by atoms with Crippen LogP contribution in [0.15, 0.2) is 28.7 Å². The third-order valence-electron chi connectivity index (χ3n) is 3.32. The van der Waals surface area contributed by atoms with Gasteiger partial charge in [-0.05, 0) is 12.5 Å². The van der Waals surface area contributed by atoms with Gasteiger partial charge in [0.1, 0.15) is 11.3 Å². The molecule has 2 nitrogen and oxygen atoms in total. The summed E-state index contributed by atoms with van der Waals surface area (Å²) in [6.45, 7) is 3.28. The number of benzene rings is 1. The second-order valence-corrected chi connectivity index (χ2v) is 5.53. The van der Waals surface area contributed by atoms with E-state index in [0.29, 0.717) is 6.04 Å². The van der Waals surface area contributed by atoms with E-state index in [1.54, 1.807) is 0 Å². The number of aryl methyl sites for hydroxylation is 1. The van der Waals surface area contributed by atoms with Crippen LogP contribution in [0.5, 0.6) is 0 Å². The minimum absolute atomic E-state index is 0.385. The molecule has 3 heteroatoms. The Morgan fingerprint density at radius 3 is 3.06 bits per heavy atom. The molecule has 0 saturated carbocycles. The molecule has 90 valence electrons. The summed E-state index contributed by atoms with van der Waals surface area (Å²) in [5, 5.41) is 4.84. The van der Waals surface area contributed by atoms with E-state index in [2.05, 4.69) is 30.4 Å². The minimum Gasteiger partial charge on any atom is -0.459 e. The molecule has 1 aliphatic heterocycles. The maximum absolute atomic E-state index is 6.05. The number of thioether (sulfide) groups is 1. The minimum atomic E-state index is 0.385. The van der Waals surface area contributed by atoms with Crippen LogP contribution in [0.4, 0.5) is 0 Å². The van der Waals surface area contributed by atoms with Gasteiger partial charge in [0.05, 0.1) is 6.04 Å². The first-order valence-electron chi connectivity index (χ1n) is 6.21. The van der Waals surface area contributed by atoms with Crippen LogP contribution in [0, 0.1) is 0 Å². The molecular formula is C14H17NOS. The Labute approximate surface area is 106 Å². The molecule has 1 fully saturated rings. The molecule has 1 unspecified atom stereocenters. The largest absolute Gasteiger partial charge is 0.459 e. The lowest BCUT2D eigenvalue weighted by Crippen LogP contribution is -2.30. The van der Waals surface area contributed by atoms with Crippen molar-refractivity contribution in [3.8, 4) is 0 Å². The van der Waals surface area contributed by atoms with Gasteiger partial charge in [0.2, 0.25) is 0 Å². The lowest BCUT2D eigenvalue weighted by Gasteiger charge is -2.22. The number of para-hydroxylation sites is 1. The van der Waals surface area contributed by atoms with E-state index < -0.39 is 0 Å². The van der Waals surface area contributed by atoms with Crippen molar-refractivity contribution >= 4 is 22.7 Å². The molecule has 0 aliphatic carbocycles. The van der Waals surface area contributed by atoms with E-state index >= 15 is 0 Å². The number of fused-ring (bicyclic) bond motifs is 1. The molecule has 1 aromatic heterocycles. The quantitative estimate of drug-likeness (QED) is 0.880. The van der Waals surface area contributed by atoms with Crippen LogP contribution >= 0.6 is 11.8 Å². The number of nitrogens with one attached hydrogen (secondary N) is 1. The number of hydrogen-bond acceptors (Lipinski definition) is 3. The second-order valence-electron chi connectivity index (χ2n) is 4.38. The first-order valence-corrected chi connectivity index (χ1v) is 7.37. The molecule has 3 rings (SSSR count). The Morgan fingerprint density at radius 2 is 2.29 bits per heavy atom. The molecule has 0 radical (unpaired) electrons. The van der Waals surface area contributed by atoms with Crippen molar-refractivity contribution < 1.29 is 4.42 Å². The topological polar surface area (TPSA) is 25.2 Å². The van der Waals surface area contributed by atoms with Gasteiger partial charge in [-0.15, -0.1) is 0 Å². The van der Waals surface area contributed by atoms with Gasteiger partial charge < -0.3 is 9.73 Å². The Morgan fingerprint density at radius 1 is 1.41 bits per heavy atom. The van der Waals surface area contributed by atoms with E-state index in [1.807, 2.05) is 17.8 Å². The zero-order valence-corrected chi connectivity index (χ0v) is 10.8. The second kappa shape index (κ2) is 4.75. The van der Waals surface area contributed by atoms with Gasteiger partial charge in [-0.2, -0.15) is 11.8 Å². The maximum atomic E-state index is 6.05. The summed E-state index contributed by atoms with van der Waals surface area (Å²) >= 11 is 2.00. The zero-order valence-electron chi connectivity index (χ0n) is 10.0. The number of hydrogen-bond donors (Lipinski definition) is 1. The molecule has 2 aromatic rings. The van der Waals surface area contributed by atoms with Crippen LogP contribution in [0.25, 0.3) is 11.0 Å². The molecule has 17 heavy (non-hydrogen) atoms. The van der Waals surface area contributed by atoms with Crippen molar-refractivity contribution in [2.45, 2.75) is 19.4 Å². The zero-order chi connectivity index (χ0) is 11.7. The predicted octanol–water partition coefficient (Wildman–Crippen LogP) is 3.37. The Bertz CT molecular complexity index is 514. The average Bonchev–Trinajstić information content (AvgIpc) is 2.78. The van der Waals surface area contributed by atoms with Crippen molar-refractivity contribution in [2.24, 2.45) is 0 Å². The smallest absolute Gasteiger partial charge is 0.134 e. The van der Waals surface area contributed by atoms with E-state index in [-0.39, 0.29) is 0 Å². The van der Waals surface area contributed by atoms with E-state index in [1.165, 1.54) is 16.7 Å². The highest BCUT2D eigenvalue weighted by Crippen LogP contribution is 2.32. The molecule has 1 atom stereocenters. The summed E-state index contributed by atoms with van der Waals surface area (Å²) < 4.78 is 6.05. The van der Waals surface area contributed by atoms with Crippen molar-refractivity contribution in [1.82, 2.24) is 5.32 Å².